The molecule has 1 aromatic heterocycles. The summed E-state index contributed by atoms with van der Waals surface area (Å²) < 4.78 is 15.5. The summed E-state index contributed by atoms with van der Waals surface area (Å²) in [6.45, 7) is 11.4. The number of benzene rings is 1. The van der Waals surface area contributed by atoms with E-state index in [0.29, 0.717) is 22.9 Å². The fourth-order valence-corrected chi connectivity index (χ4v) is 2.01. The fourth-order valence-electron chi connectivity index (χ4n) is 2.01. The monoisotopic (exact) mass is 263 g/mol. The zero-order chi connectivity index (χ0) is 14.4. The number of hydrogen-bond donors (Lipinski definition) is 1. The Morgan fingerprint density at radius 1 is 1.37 bits per heavy atom. The Labute approximate surface area is 113 Å². The molecule has 104 valence electrons. The van der Waals surface area contributed by atoms with Gasteiger partial charge in [0.25, 0.3) is 0 Å². The van der Waals surface area contributed by atoms with E-state index in [1.165, 1.54) is 6.07 Å². The highest BCUT2D eigenvalue weighted by atomic mass is 19.1. The molecule has 0 aliphatic rings. The Morgan fingerprint density at radius 2 is 2.00 bits per heavy atom. The first-order valence-electron chi connectivity index (χ1n) is 6.62. The number of halogens is 1. The summed E-state index contributed by atoms with van der Waals surface area (Å²) in [6.07, 6.45) is 0. The molecule has 1 heterocycles. The Hall–Kier alpha value is -1.58. The highest BCUT2D eigenvalue weighted by molar-refractivity contribution is 5.79. The Balaban J connectivity index is 2.49. The van der Waals surface area contributed by atoms with Crippen LogP contribution in [0.3, 0.4) is 0 Å². The van der Waals surface area contributed by atoms with E-state index in [1.54, 1.807) is 6.92 Å². The molecule has 3 nitrogen and oxygen atoms in total. The minimum absolute atomic E-state index is 0.193. The molecule has 0 aliphatic carbocycles. The molecule has 2 rings (SSSR count). The number of aromatic nitrogens is 2. The van der Waals surface area contributed by atoms with Gasteiger partial charge in [0.1, 0.15) is 5.82 Å². The largest absolute Gasteiger partial charge is 0.369 e. The van der Waals surface area contributed by atoms with Crippen molar-refractivity contribution in [1.82, 2.24) is 9.55 Å². The quantitative estimate of drug-likeness (QED) is 0.896. The van der Waals surface area contributed by atoms with E-state index in [9.17, 15) is 4.39 Å². The van der Waals surface area contributed by atoms with Gasteiger partial charge in [-0.05, 0) is 29.9 Å². The minimum Gasteiger partial charge on any atom is -0.369 e. The van der Waals surface area contributed by atoms with Crippen molar-refractivity contribution in [2.24, 2.45) is 11.3 Å². The van der Waals surface area contributed by atoms with Crippen LogP contribution in [-0.2, 0) is 6.54 Å². The Bertz CT molecular complexity index is 608. The minimum atomic E-state index is -0.235. The molecule has 1 unspecified atom stereocenters. The van der Waals surface area contributed by atoms with Crippen LogP contribution in [0.4, 0.5) is 10.3 Å². The van der Waals surface area contributed by atoms with Crippen LogP contribution >= 0.6 is 0 Å². The van der Waals surface area contributed by atoms with E-state index < -0.39 is 0 Å². The molecular formula is C15H22FN3. The summed E-state index contributed by atoms with van der Waals surface area (Å²) >= 11 is 0. The van der Waals surface area contributed by atoms with Crippen molar-refractivity contribution in [3.63, 3.8) is 0 Å². The molecule has 0 bridgehead atoms. The van der Waals surface area contributed by atoms with Crippen molar-refractivity contribution in [2.45, 2.75) is 41.2 Å². The second-order valence-corrected chi connectivity index (χ2v) is 6.44. The summed E-state index contributed by atoms with van der Waals surface area (Å²) in [7, 11) is 0. The number of hydrogen-bond acceptors (Lipinski definition) is 2. The average Bonchev–Trinajstić information content (AvgIpc) is 2.55. The third kappa shape index (κ3) is 2.57. The summed E-state index contributed by atoms with van der Waals surface area (Å²) in [5, 5.41) is 0. The lowest BCUT2D eigenvalue weighted by Crippen LogP contribution is -2.23. The van der Waals surface area contributed by atoms with Gasteiger partial charge < -0.3 is 10.3 Å². The molecule has 4 heteroatoms. The topological polar surface area (TPSA) is 43.8 Å². The van der Waals surface area contributed by atoms with Gasteiger partial charge in [-0.25, -0.2) is 9.37 Å². The fraction of sp³-hybridized carbons (Fsp3) is 0.533. The third-order valence-electron chi connectivity index (χ3n) is 3.99. The van der Waals surface area contributed by atoms with Crippen molar-refractivity contribution in [3.05, 3.63) is 23.5 Å². The van der Waals surface area contributed by atoms with E-state index in [-0.39, 0.29) is 11.2 Å². The van der Waals surface area contributed by atoms with Crippen LogP contribution < -0.4 is 5.73 Å². The van der Waals surface area contributed by atoms with Gasteiger partial charge in [-0.1, -0.05) is 27.7 Å². The number of imidazole rings is 1. The highest BCUT2D eigenvalue weighted by Gasteiger charge is 2.22. The predicted molar refractivity (Wildman–Crippen MR) is 77.5 cm³/mol. The van der Waals surface area contributed by atoms with Crippen molar-refractivity contribution >= 4 is 17.0 Å². The van der Waals surface area contributed by atoms with E-state index in [1.807, 2.05) is 10.6 Å². The zero-order valence-corrected chi connectivity index (χ0v) is 12.3. The molecule has 2 N–H and O–H groups in total. The molecule has 0 saturated carbocycles. The summed E-state index contributed by atoms with van der Waals surface area (Å²) in [5.41, 5.74) is 8.33. The van der Waals surface area contributed by atoms with E-state index >= 15 is 0 Å². The lowest BCUT2D eigenvalue weighted by atomic mass is 9.82. The Morgan fingerprint density at radius 3 is 2.58 bits per heavy atom. The van der Waals surface area contributed by atoms with Gasteiger partial charge in [-0.3, -0.25) is 0 Å². The molecule has 2 aromatic rings. The first kappa shape index (κ1) is 13.8. The number of nitrogens with zero attached hydrogens (tertiary/aromatic N) is 2. The molecule has 0 spiro atoms. The Kier molecular flexibility index (Phi) is 3.29. The predicted octanol–water partition coefficient (Wildman–Crippen LogP) is 3.75. The smallest absolute Gasteiger partial charge is 0.201 e. The maximum absolute atomic E-state index is 13.6. The summed E-state index contributed by atoms with van der Waals surface area (Å²) in [5.74, 6) is 0.662. The maximum Gasteiger partial charge on any atom is 0.201 e. The SMILES string of the molecule is Cc1cc2c(cc1F)nc(N)n2CC(C)C(C)(C)C. The summed E-state index contributed by atoms with van der Waals surface area (Å²) in [6, 6.07) is 3.28. The normalized spacial score (nSPS) is 14.0. The molecule has 0 radical (unpaired) electrons. The molecule has 0 aliphatic heterocycles. The molecule has 0 saturated heterocycles. The first-order valence-corrected chi connectivity index (χ1v) is 6.62. The number of nitrogens with two attached hydrogens (primary N) is 1. The summed E-state index contributed by atoms with van der Waals surface area (Å²) in [4.78, 5) is 4.25. The maximum atomic E-state index is 13.6. The molecule has 19 heavy (non-hydrogen) atoms. The molecular weight excluding hydrogens is 241 g/mol. The number of nitrogen functional groups attached to an aromatic ring is 1. The van der Waals surface area contributed by atoms with Gasteiger partial charge in [-0.15, -0.1) is 0 Å². The van der Waals surface area contributed by atoms with Crippen LogP contribution in [0.25, 0.3) is 11.0 Å². The van der Waals surface area contributed by atoms with Crippen LogP contribution in [0, 0.1) is 24.1 Å². The van der Waals surface area contributed by atoms with Gasteiger partial charge in [0, 0.05) is 12.6 Å². The van der Waals surface area contributed by atoms with Gasteiger partial charge in [0.15, 0.2) is 0 Å². The lowest BCUT2D eigenvalue weighted by molar-refractivity contribution is 0.236. The van der Waals surface area contributed by atoms with Gasteiger partial charge in [-0.2, -0.15) is 0 Å². The van der Waals surface area contributed by atoms with Crippen molar-refractivity contribution in [2.75, 3.05) is 5.73 Å². The van der Waals surface area contributed by atoms with Gasteiger partial charge in [0.2, 0.25) is 5.95 Å². The standard InChI is InChI=1S/C15H22FN3/c1-9-6-13-12(7-11(9)16)18-14(17)19(13)8-10(2)15(3,4)5/h6-7,10H,8H2,1-5H3,(H2,17,18). The lowest BCUT2D eigenvalue weighted by Gasteiger charge is -2.28. The van der Waals surface area contributed by atoms with Crippen LogP contribution in [0.2, 0.25) is 0 Å². The molecule has 1 atom stereocenters. The van der Waals surface area contributed by atoms with Crippen molar-refractivity contribution in [1.29, 1.82) is 0 Å². The van der Waals surface area contributed by atoms with Crippen LogP contribution in [0.1, 0.15) is 33.3 Å². The number of fused-ring (bicyclic) bond motifs is 1. The van der Waals surface area contributed by atoms with Crippen LogP contribution in [0.15, 0.2) is 12.1 Å². The number of rotatable bonds is 2. The highest BCUT2D eigenvalue weighted by Crippen LogP contribution is 2.29. The second-order valence-electron chi connectivity index (χ2n) is 6.44. The van der Waals surface area contributed by atoms with Crippen molar-refractivity contribution < 1.29 is 4.39 Å². The number of aryl methyl sites for hydroxylation is 1. The molecule has 1 aromatic carbocycles. The zero-order valence-electron chi connectivity index (χ0n) is 12.3. The van der Waals surface area contributed by atoms with Crippen molar-refractivity contribution in [3.8, 4) is 0 Å². The first-order chi connectivity index (χ1) is 8.70. The van der Waals surface area contributed by atoms with E-state index in [0.717, 1.165) is 12.1 Å². The van der Waals surface area contributed by atoms with E-state index in [4.69, 9.17) is 5.73 Å². The third-order valence-corrected chi connectivity index (χ3v) is 3.99. The number of anilines is 1. The van der Waals surface area contributed by atoms with Gasteiger partial charge >= 0.3 is 0 Å². The van der Waals surface area contributed by atoms with E-state index in [2.05, 4.69) is 32.7 Å². The van der Waals surface area contributed by atoms with Crippen LogP contribution in [-0.4, -0.2) is 9.55 Å². The molecule has 0 fully saturated rings. The average molecular weight is 263 g/mol. The molecule has 0 amide bonds. The van der Waals surface area contributed by atoms with Crippen LogP contribution in [0.5, 0.6) is 0 Å². The van der Waals surface area contributed by atoms with Gasteiger partial charge in [0.05, 0.1) is 11.0 Å². The second kappa shape index (κ2) is 4.51.